The van der Waals surface area contributed by atoms with Crippen molar-refractivity contribution < 1.29 is 9.84 Å². The maximum Gasteiger partial charge on any atom is 0.219 e. The van der Waals surface area contributed by atoms with Crippen LogP contribution in [0.2, 0.25) is 5.02 Å². The summed E-state index contributed by atoms with van der Waals surface area (Å²) in [5.41, 5.74) is 6.15. The number of nitrogens with two attached hydrogens (primary N) is 1. The van der Waals surface area contributed by atoms with Crippen LogP contribution in [-0.2, 0) is 0 Å². The SMILES string of the molecule is COc1nccc(Cl)c1[C@@H](N)CO. The van der Waals surface area contributed by atoms with E-state index in [0.717, 1.165) is 0 Å². The van der Waals surface area contributed by atoms with Crippen LogP contribution in [0.1, 0.15) is 11.6 Å². The fourth-order valence-corrected chi connectivity index (χ4v) is 1.30. The Bertz CT molecular complexity index is 293. The third kappa shape index (κ3) is 2.09. The van der Waals surface area contributed by atoms with Crippen LogP contribution in [0.25, 0.3) is 0 Å². The van der Waals surface area contributed by atoms with Crippen LogP contribution in [0.15, 0.2) is 12.3 Å². The van der Waals surface area contributed by atoms with Crippen LogP contribution >= 0.6 is 11.6 Å². The summed E-state index contributed by atoms with van der Waals surface area (Å²) in [4.78, 5) is 3.93. The smallest absolute Gasteiger partial charge is 0.219 e. The number of aliphatic hydroxyl groups is 1. The lowest BCUT2D eigenvalue weighted by Gasteiger charge is -2.13. The molecule has 1 aromatic heterocycles. The lowest BCUT2D eigenvalue weighted by molar-refractivity contribution is 0.263. The van der Waals surface area contributed by atoms with E-state index in [1.807, 2.05) is 0 Å². The molecule has 1 atom stereocenters. The zero-order valence-corrected chi connectivity index (χ0v) is 7.95. The summed E-state index contributed by atoms with van der Waals surface area (Å²) in [5, 5.41) is 9.32. The van der Waals surface area contributed by atoms with E-state index in [1.54, 1.807) is 6.07 Å². The van der Waals surface area contributed by atoms with E-state index in [0.29, 0.717) is 16.5 Å². The van der Waals surface area contributed by atoms with E-state index >= 15 is 0 Å². The molecule has 0 bridgehead atoms. The predicted molar refractivity (Wildman–Crippen MR) is 49.8 cm³/mol. The molecule has 1 aromatic rings. The summed E-state index contributed by atoms with van der Waals surface area (Å²) in [5.74, 6) is 0.356. The maximum atomic E-state index is 8.87. The molecule has 5 heteroatoms. The highest BCUT2D eigenvalue weighted by Crippen LogP contribution is 2.28. The van der Waals surface area contributed by atoms with Crippen molar-refractivity contribution in [1.82, 2.24) is 4.98 Å². The lowest BCUT2D eigenvalue weighted by Crippen LogP contribution is -2.16. The Labute approximate surface area is 81.3 Å². The van der Waals surface area contributed by atoms with E-state index in [4.69, 9.17) is 27.2 Å². The van der Waals surface area contributed by atoms with Gasteiger partial charge in [0.1, 0.15) is 0 Å². The number of halogens is 1. The Kier molecular flexibility index (Phi) is 3.48. The van der Waals surface area contributed by atoms with Gasteiger partial charge < -0.3 is 15.6 Å². The Balaban J connectivity index is 3.14. The summed E-state index contributed by atoms with van der Waals surface area (Å²) in [6.45, 7) is -0.193. The van der Waals surface area contributed by atoms with Gasteiger partial charge in [-0.3, -0.25) is 0 Å². The molecule has 0 unspecified atom stereocenters. The number of hydrogen-bond donors (Lipinski definition) is 2. The first kappa shape index (κ1) is 10.2. The Morgan fingerprint density at radius 3 is 3.00 bits per heavy atom. The van der Waals surface area contributed by atoms with Crippen molar-refractivity contribution >= 4 is 11.6 Å². The maximum absolute atomic E-state index is 8.87. The Hall–Kier alpha value is -0.840. The summed E-state index contributed by atoms with van der Waals surface area (Å²) < 4.78 is 4.96. The van der Waals surface area contributed by atoms with Gasteiger partial charge in [0.2, 0.25) is 5.88 Å². The number of ether oxygens (including phenoxy) is 1. The van der Waals surface area contributed by atoms with E-state index in [-0.39, 0.29) is 6.61 Å². The second-order valence-corrected chi connectivity index (χ2v) is 2.91. The van der Waals surface area contributed by atoms with E-state index in [2.05, 4.69) is 4.98 Å². The van der Waals surface area contributed by atoms with Gasteiger partial charge in [0.15, 0.2) is 0 Å². The molecule has 13 heavy (non-hydrogen) atoms. The first-order valence-corrected chi connectivity index (χ1v) is 4.13. The first-order valence-electron chi connectivity index (χ1n) is 3.75. The number of pyridine rings is 1. The molecule has 1 rings (SSSR count). The number of methoxy groups -OCH3 is 1. The molecule has 0 radical (unpaired) electrons. The molecule has 4 nitrogen and oxygen atoms in total. The summed E-state index contributed by atoms with van der Waals surface area (Å²) >= 11 is 5.87. The minimum atomic E-state index is -0.559. The monoisotopic (exact) mass is 202 g/mol. The molecule has 0 spiro atoms. The van der Waals surface area contributed by atoms with Gasteiger partial charge in [-0.05, 0) is 6.07 Å². The lowest BCUT2D eigenvalue weighted by atomic mass is 10.1. The molecule has 0 saturated heterocycles. The molecule has 72 valence electrons. The van der Waals surface area contributed by atoms with E-state index < -0.39 is 6.04 Å². The summed E-state index contributed by atoms with van der Waals surface area (Å²) in [7, 11) is 1.48. The number of aliphatic hydroxyl groups excluding tert-OH is 1. The van der Waals surface area contributed by atoms with E-state index in [9.17, 15) is 0 Å². The Morgan fingerprint density at radius 2 is 2.46 bits per heavy atom. The molecule has 0 saturated carbocycles. The molecule has 0 fully saturated rings. The fraction of sp³-hybridized carbons (Fsp3) is 0.375. The van der Waals surface area contributed by atoms with Crippen molar-refractivity contribution in [3.8, 4) is 5.88 Å². The molecule has 1 heterocycles. The van der Waals surface area contributed by atoms with Crippen LogP contribution < -0.4 is 10.5 Å². The second-order valence-electron chi connectivity index (χ2n) is 2.50. The minimum Gasteiger partial charge on any atom is -0.481 e. The normalized spacial score (nSPS) is 12.6. The van der Waals surface area contributed by atoms with Gasteiger partial charge in [-0.15, -0.1) is 0 Å². The van der Waals surface area contributed by atoms with Crippen LogP contribution in [0.4, 0.5) is 0 Å². The number of aromatic nitrogens is 1. The molecule has 0 aliphatic carbocycles. The molecule has 3 N–H and O–H groups in total. The van der Waals surface area contributed by atoms with Crippen LogP contribution in [0.5, 0.6) is 5.88 Å². The largest absolute Gasteiger partial charge is 0.481 e. The topological polar surface area (TPSA) is 68.4 Å². The average Bonchev–Trinajstić information content (AvgIpc) is 2.16. The average molecular weight is 203 g/mol. The van der Waals surface area contributed by atoms with Crippen LogP contribution in [0.3, 0.4) is 0 Å². The van der Waals surface area contributed by atoms with Crippen molar-refractivity contribution in [3.63, 3.8) is 0 Å². The fourth-order valence-electron chi connectivity index (χ4n) is 1.02. The highest BCUT2D eigenvalue weighted by molar-refractivity contribution is 6.31. The highest BCUT2D eigenvalue weighted by atomic mass is 35.5. The van der Waals surface area contributed by atoms with Gasteiger partial charge in [-0.25, -0.2) is 4.98 Å². The van der Waals surface area contributed by atoms with E-state index in [1.165, 1.54) is 13.3 Å². The molecule has 0 amide bonds. The number of hydrogen-bond acceptors (Lipinski definition) is 4. The van der Waals surface area contributed by atoms with Crippen molar-refractivity contribution in [2.24, 2.45) is 5.73 Å². The molecule has 0 aliphatic heterocycles. The minimum absolute atomic E-state index is 0.193. The third-order valence-corrected chi connectivity index (χ3v) is 1.99. The first-order chi connectivity index (χ1) is 6.20. The van der Waals surface area contributed by atoms with Crippen LogP contribution in [0, 0.1) is 0 Å². The summed E-state index contributed by atoms with van der Waals surface area (Å²) in [6, 6.07) is 1.05. The molecular formula is C8H11ClN2O2. The predicted octanol–water partition coefficient (Wildman–Crippen LogP) is 0.736. The third-order valence-electron chi connectivity index (χ3n) is 1.66. The van der Waals surface area contributed by atoms with Crippen molar-refractivity contribution in [3.05, 3.63) is 22.8 Å². The quantitative estimate of drug-likeness (QED) is 0.759. The Morgan fingerprint density at radius 1 is 1.77 bits per heavy atom. The summed E-state index contributed by atoms with van der Waals surface area (Å²) in [6.07, 6.45) is 1.52. The number of rotatable bonds is 3. The molecule has 0 aliphatic rings. The van der Waals surface area contributed by atoms with Gasteiger partial charge in [-0.2, -0.15) is 0 Å². The van der Waals surface area contributed by atoms with Crippen LogP contribution in [-0.4, -0.2) is 23.8 Å². The van der Waals surface area contributed by atoms with Gasteiger partial charge in [-0.1, -0.05) is 11.6 Å². The van der Waals surface area contributed by atoms with Crippen molar-refractivity contribution in [1.29, 1.82) is 0 Å². The highest BCUT2D eigenvalue weighted by Gasteiger charge is 2.15. The van der Waals surface area contributed by atoms with Gasteiger partial charge in [0.25, 0.3) is 0 Å². The van der Waals surface area contributed by atoms with Gasteiger partial charge >= 0.3 is 0 Å². The second kappa shape index (κ2) is 4.41. The van der Waals surface area contributed by atoms with Gasteiger partial charge in [0, 0.05) is 6.20 Å². The van der Waals surface area contributed by atoms with Crippen molar-refractivity contribution in [2.45, 2.75) is 6.04 Å². The van der Waals surface area contributed by atoms with Gasteiger partial charge in [0.05, 0.1) is 30.3 Å². The zero-order valence-electron chi connectivity index (χ0n) is 7.20. The van der Waals surface area contributed by atoms with Crippen molar-refractivity contribution in [2.75, 3.05) is 13.7 Å². The molecular weight excluding hydrogens is 192 g/mol. The standard InChI is InChI=1S/C8H11ClN2O2/c1-13-8-7(6(10)4-12)5(9)2-3-11-8/h2-3,6,12H,4,10H2,1H3/t6-/m0/s1. The zero-order chi connectivity index (χ0) is 9.84. The number of nitrogens with zero attached hydrogens (tertiary/aromatic N) is 1. The molecule has 0 aromatic carbocycles.